The van der Waals surface area contributed by atoms with E-state index in [1.54, 1.807) is 5.23 Å². The Labute approximate surface area is 117 Å². The first-order valence-corrected chi connectivity index (χ1v) is 7.63. The fraction of sp³-hybridized carbons (Fsp3) is 0.875. The zero-order chi connectivity index (χ0) is 14.3. The van der Waals surface area contributed by atoms with Crippen LogP contribution in [0.1, 0.15) is 73.6 Å². The number of rotatable bonds is 3. The van der Waals surface area contributed by atoms with Crippen LogP contribution in [0.4, 0.5) is 0 Å². The van der Waals surface area contributed by atoms with E-state index in [4.69, 9.17) is 9.68 Å². The summed E-state index contributed by atoms with van der Waals surface area (Å²) in [6, 6.07) is 0. The smallest absolute Gasteiger partial charge is 0.124 e. The van der Waals surface area contributed by atoms with E-state index in [0.717, 1.165) is 12.8 Å². The molecule has 1 heterocycles. The molecule has 1 aliphatic carbocycles. The van der Waals surface area contributed by atoms with Gasteiger partial charge in [0.05, 0.1) is 5.70 Å². The lowest BCUT2D eigenvalue weighted by Gasteiger charge is -2.36. The van der Waals surface area contributed by atoms with Gasteiger partial charge >= 0.3 is 0 Å². The van der Waals surface area contributed by atoms with Gasteiger partial charge in [0.1, 0.15) is 11.2 Å². The first-order valence-electron chi connectivity index (χ1n) is 7.63. The van der Waals surface area contributed by atoms with E-state index in [1.165, 1.54) is 25.0 Å². The molecule has 1 fully saturated rings. The molecule has 0 aromatic carbocycles. The molecule has 0 amide bonds. The third-order valence-electron chi connectivity index (χ3n) is 5.49. The van der Waals surface area contributed by atoms with Gasteiger partial charge in [0, 0.05) is 0 Å². The maximum absolute atomic E-state index is 5.98. The maximum atomic E-state index is 5.98. The highest BCUT2D eigenvalue weighted by Gasteiger charge is 2.50. The molecule has 19 heavy (non-hydrogen) atoms. The largest absolute Gasteiger partial charge is 0.240 e. The van der Waals surface area contributed by atoms with Crippen LogP contribution in [-0.2, 0) is 9.68 Å². The molecule has 0 aromatic rings. The normalized spacial score (nSPS) is 28.3. The fourth-order valence-corrected chi connectivity index (χ4v) is 2.76. The summed E-state index contributed by atoms with van der Waals surface area (Å²) >= 11 is 0. The van der Waals surface area contributed by atoms with Crippen molar-refractivity contribution >= 4 is 0 Å². The van der Waals surface area contributed by atoms with Crippen LogP contribution in [0.25, 0.3) is 0 Å². The second-order valence-corrected chi connectivity index (χ2v) is 7.07. The van der Waals surface area contributed by atoms with Gasteiger partial charge in [0.2, 0.25) is 0 Å². The van der Waals surface area contributed by atoms with Crippen molar-refractivity contribution in [3.8, 4) is 0 Å². The lowest BCUT2D eigenvalue weighted by atomic mass is 9.72. The number of hydrogen-bond acceptors (Lipinski definition) is 3. The number of hydrogen-bond donors (Lipinski definition) is 0. The van der Waals surface area contributed by atoms with Gasteiger partial charge < -0.3 is 0 Å². The standard InChI is InChI=1S/C16H29NO2/c1-7-16(8-2)11-9-13(10-12-16)17-18-14(3,4)15(5,6)19-17/h9H,7-8,10-12H2,1-6H3. The van der Waals surface area contributed by atoms with Crippen molar-refractivity contribution in [3.63, 3.8) is 0 Å². The highest BCUT2D eigenvalue weighted by molar-refractivity contribution is 5.08. The third kappa shape index (κ3) is 2.55. The van der Waals surface area contributed by atoms with Crippen LogP contribution in [0.3, 0.4) is 0 Å². The van der Waals surface area contributed by atoms with E-state index in [9.17, 15) is 0 Å². The quantitative estimate of drug-likeness (QED) is 0.746. The lowest BCUT2D eigenvalue weighted by Crippen LogP contribution is -2.41. The molecule has 0 saturated carbocycles. The zero-order valence-corrected chi connectivity index (χ0v) is 13.4. The lowest BCUT2D eigenvalue weighted by molar-refractivity contribution is -0.305. The van der Waals surface area contributed by atoms with Crippen LogP contribution in [0.2, 0.25) is 0 Å². The summed E-state index contributed by atoms with van der Waals surface area (Å²) in [6.07, 6.45) is 8.25. The molecule has 1 saturated heterocycles. The van der Waals surface area contributed by atoms with E-state index >= 15 is 0 Å². The summed E-state index contributed by atoms with van der Waals surface area (Å²) < 4.78 is 0. The van der Waals surface area contributed by atoms with E-state index < -0.39 is 0 Å². The molecular weight excluding hydrogens is 238 g/mol. The first kappa shape index (κ1) is 14.9. The van der Waals surface area contributed by atoms with Crippen LogP contribution in [-0.4, -0.2) is 16.4 Å². The van der Waals surface area contributed by atoms with Gasteiger partial charge in [0.15, 0.2) is 0 Å². The predicted molar refractivity (Wildman–Crippen MR) is 77.1 cm³/mol. The summed E-state index contributed by atoms with van der Waals surface area (Å²) in [5.41, 5.74) is 1.10. The van der Waals surface area contributed by atoms with E-state index in [0.29, 0.717) is 5.41 Å². The third-order valence-corrected chi connectivity index (χ3v) is 5.49. The molecular formula is C16H29NO2. The molecule has 0 atom stereocenters. The molecule has 1 aliphatic heterocycles. The van der Waals surface area contributed by atoms with Gasteiger partial charge in [-0.1, -0.05) is 32.8 Å². The van der Waals surface area contributed by atoms with Crippen LogP contribution >= 0.6 is 0 Å². The van der Waals surface area contributed by atoms with Gasteiger partial charge in [-0.25, -0.2) is 9.68 Å². The van der Waals surface area contributed by atoms with E-state index in [-0.39, 0.29) is 11.2 Å². The predicted octanol–water partition coefficient (Wildman–Crippen LogP) is 4.60. The molecule has 0 bridgehead atoms. The van der Waals surface area contributed by atoms with Crippen LogP contribution < -0.4 is 0 Å². The highest BCUT2D eigenvalue weighted by Crippen LogP contribution is 2.45. The molecule has 3 heteroatoms. The molecule has 0 radical (unpaired) electrons. The number of nitrogens with zero attached hydrogens (tertiary/aromatic N) is 1. The molecule has 0 N–H and O–H groups in total. The molecule has 0 spiro atoms. The summed E-state index contributed by atoms with van der Waals surface area (Å²) in [7, 11) is 0. The Balaban J connectivity index is 2.09. The molecule has 3 nitrogen and oxygen atoms in total. The Bertz CT molecular complexity index is 351. The van der Waals surface area contributed by atoms with Crippen molar-refractivity contribution < 1.29 is 9.68 Å². The summed E-state index contributed by atoms with van der Waals surface area (Å²) in [4.78, 5) is 12.0. The van der Waals surface area contributed by atoms with Crippen LogP contribution in [0, 0.1) is 5.41 Å². The first-order chi connectivity index (χ1) is 8.75. The monoisotopic (exact) mass is 267 g/mol. The Hall–Kier alpha value is -0.540. The second kappa shape index (κ2) is 4.78. The molecule has 110 valence electrons. The summed E-state index contributed by atoms with van der Waals surface area (Å²) in [6.45, 7) is 12.9. The minimum atomic E-state index is -0.294. The van der Waals surface area contributed by atoms with Crippen molar-refractivity contribution in [2.75, 3.05) is 0 Å². The van der Waals surface area contributed by atoms with Crippen LogP contribution in [0.15, 0.2) is 11.8 Å². The van der Waals surface area contributed by atoms with Crippen LogP contribution in [0.5, 0.6) is 0 Å². The SMILES string of the molecule is CCC1(CC)CC=C(N2OC(C)(C)C(C)(C)O2)CC1. The molecule has 2 rings (SSSR count). The summed E-state index contributed by atoms with van der Waals surface area (Å²) in [5.74, 6) is 0. The van der Waals surface area contributed by atoms with Crippen molar-refractivity contribution in [3.05, 3.63) is 11.8 Å². The highest BCUT2D eigenvalue weighted by atomic mass is 17.0. The van der Waals surface area contributed by atoms with Crippen molar-refractivity contribution in [2.24, 2.45) is 5.41 Å². The van der Waals surface area contributed by atoms with Gasteiger partial charge in [-0.3, -0.25) is 0 Å². The number of allylic oxidation sites excluding steroid dienone is 2. The minimum Gasteiger partial charge on any atom is -0.240 e. The summed E-state index contributed by atoms with van der Waals surface area (Å²) in [5, 5.41) is 1.68. The average Bonchev–Trinajstić information content (AvgIpc) is 2.58. The van der Waals surface area contributed by atoms with Crippen molar-refractivity contribution in [2.45, 2.75) is 84.8 Å². The van der Waals surface area contributed by atoms with Gasteiger partial charge in [-0.15, -0.1) is 5.23 Å². The fourth-order valence-electron chi connectivity index (χ4n) is 2.76. The topological polar surface area (TPSA) is 21.7 Å². The van der Waals surface area contributed by atoms with E-state index in [2.05, 4.69) is 47.6 Å². The number of hydroxylamine groups is 2. The molecule has 2 aliphatic rings. The minimum absolute atomic E-state index is 0.294. The Kier molecular flexibility index (Phi) is 3.74. The van der Waals surface area contributed by atoms with Gasteiger partial charge in [-0.05, 0) is 52.4 Å². The Morgan fingerprint density at radius 3 is 1.95 bits per heavy atom. The zero-order valence-electron chi connectivity index (χ0n) is 13.4. The maximum Gasteiger partial charge on any atom is 0.124 e. The molecule has 0 unspecified atom stereocenters. The van der Waals surface area contributed by atoms with Crippen molar-refractivity contribution in [1.82, 2.24) is 5.23 Å². The Morgan fingerprint density at radius 1 is 1.05 bits per heavy atom. The van der Waals surface area contributed by atoms with Gasteiger partial charge in [0.25, 0.3) is 0 Å². The average molecular weight is 267 g/mol. The van der Waals surface area contributed by atoms with Gasteiger partial charge in [-0.2, -0.15) is 0 Å². The second-order valence-electron chi connectivity index (χ2n) is 7.07. The molecule has 0 aromatic heterocycles. The van der Waals surface area contributed by atoms with E-state index in [1.807, 2.05) is 0 Å². The van der Waals surface area contributed by atoms with Crippen molar-refractivity contribution in [1.29, 1.82) is 0 Å². The Morgan fingerprint density at radius 2 is 1.58 bits per heavy atom.